The first kappa shape index (κ1) is 17.0. The maximum Gasteiger partial charge on any atom is 0.258 e. The molecule has 0 spiro atoms. The Morgan fingerprint density at radius 2 is 2.05 bits per heavy atom. The maximum absolute atomic E-state index is 11.4. The van der Waals surface area contributed by atoms with Gasteiger partial charge in [-0.25, -0.2) is 0 Å². The molecule has 2 N–H and O–H groups in total. The van der Waals surface area contributed by atoms with Crippen LogP contribution in [0.2, 0.25) is 0 Å². The van der Waals surface area contributed by atoms with E-state index in [1.165, 1.54) is 0 Å². The summed E-state index contributed by atoms with van der Waals surface area (Å²) in [6, 6.07) is 3.92. The van der Waals surface area contributed by atoms with E-state index < -0.39 is 0 Å². The van der Waals surface area contributed by atoms with Crippen LogP contribution in [0.25, 0.3) is 0 Å². The number of benzene rings is 1. The average Bonchev–Trinajstić information content (AvgIpc) is 2.41. The predicted molar refractivity (Wildman–Crippen MR) is 86.6 cm³/mol. The average molecular weight is 404 g/mol. The first-order chi connectivity index (χ1) is 9.58. The Hall–Kier alpha value is -1.03. The van der Waals surface area contributed by atoms with E-state index in [1.54, 1.807) is 0 Å². The van der Waals surface area contributed by atoms with E-state index >= 15 is 0 Å². The van der Waals surface area contributed by atoms with Gasteiger partial charge in [-0.3, -0.25) is 4.79 Å². The van der Waals surface area contributed by atoms with Crippen LogP contribution in [0, 0.1) is 12.3 Å². The zero-order chi connectivity index (χ0) is 15.0. The summed E-state index contributed by atoms with van der Waals surface area (Å²) < 4.78 is 7.08. The highest BCUT2D eigenvalue weighted by atomic mass is 79.9. The molecular formula is C14H16Br2N2O2. The van der Waals surface area contributed by atoms with Crippen molar-refractivity contribution >= 4 is 37.8 Å². The Morgan fingerprint density at radius 1 is 1.40 bits per heavy atom. The normalized spacial score (nSPS) is 9.90. The third kappa shape index (κ3) is 5.53. The standard InChI is InChI=1S/C14H16Br2N2O2/c1-3-5-18-13(19)9-20-14-11(15)6-10(7-12(14)16)8-17-4-2/h1,6-7,17H,4-5,8-9H2,2H3,(H,18,19). The molecule has 4 nitrogen and oxygen atoms in total. The highest BCUT2D eigenvalue weighted by Gasteiger charge is 2.11. The zero-order valence-corrected chi connectivity index (χ0v) is 14.3. The van der Waals surface area contributed by atoms with Gasteiger partial charge in [-0.05, 0) is 56.1 Å². The van der Waals surface area contributed by atoms with Crippen molar-refractivity contribution < 1.29 is 9.53 Å². The smallest absolute Gasteiger partial charge is 0.258 e. The number of amides is 1. The summed E-state index contributed by atoms with van der Waals surface area (Å²) in [5.74, 6) is 2.68. The fourth-order valence-corrected chi connectivity index (χ4v) is 2.97. The SMILES string of the molecule is C#CCNC(=O)COc1c(Br)cc(CNCC)cc1Br. The van der Waals surface area contributed by atoms with Crippen LogP contribution in [0.5, 0.6) is 5.75 Å². The first-order valence-corrected chi connectivity index (χ1v) is 7.68. The minimum absolute atomic E-state index is 0.0779. The molecule has 108 valence electrons. The van der Waals surface area contributed by atoms with Crippen LogP contribution < -0.4 is 15.4 Å². The number of rotatable bonds is 7. The number of terminal acetylenes is 1. The van der Waals surface area contributed by atoms with Crippen molar-refractivity contribution in [1.82, 2.24) is 10.6 Å². The Labute approximate surface area is 135 Å². The molecule has 6 heteroatoms. The molecule has 1 aromatic rings. The monoisotopic (exact) mass is 402 g/mol. The lowest BCUT2D eigenvalue weighted by Crippen LogP contribution is -2.29. The Kier molecular flexibility index (Phi) is 7.67. The fraction of sp³-hybridized carbons (Fsp3) is 0.357. The third-order valence-corrected chi connectivity index (χ3v) is 3.55. The Bertz CT molecular complexity index is 489. The van der Waals surface area contributed by atoms with Gasteiger partial charge in [0.15, 0.2) is 6.61 Å². The quantitative estimate of drug-likeness (QED) is 0.687. The van der Waals surface area contributed by atoms with Crippen molar-refractivity contribution in [1.29, 1.82) is 0 Å². The molecule has 0 aliphatic rings. The van der Waals surface area contributed by atoms with Crippen molar-refractivity contribution in [3.8, 4) is 18.1 Å². The van der Waals surface area contributed by atoms with Crippen LogP contribution >= 0.6 is 31.9 Å². The van der Waals surface area contributed by atoms with E-state index in [1.807, 2.05) is 12.1 Å². The van der Waals surface area contributed by atoms with Crippen molar-refractivity contribution in [2.45, 2.75) is 13.5 Å². The molecule has 1 amide bonds. The summed E-state index contributed by atoms with van der Waals surface area (Å²) in [6.45, 7) is 3.85. The van der Waals surface area contributed by atoms with Gasteiger partial charge in [-0.2, -0.15) is 0 Å². The second kappa shape index (κ2) is 9.01. The van der Waals surface area contributed by atoms with E-state index in [0.717, 1.165) is 27.6 Å². The highest BCUT2D eigenvalue weighted by Crippen LogP contribution is 2.34. The van der Waals surface area contributed by atoms with Gasteiger partial charge in [0.25, 0.3) is 5.91 Å². The molecule has 0 aliphatic heterocycles. The van der Waals surface area contributed by atoms with Crippen LogP contribution in [0.1, 0.15) is 12.5 Å². The van der Waals surface area contributed by atoms with Crippen molar-refractivity contribution in [2.24, 2.45) is 0 Å². The van der Waals surface area contributed by atoms with Gasteiger partial charge in [-0.1, -0.05) is 12.8 Å². The summed E-state index contributed by atoms with van der Waals surface area (Å²) in [4.78, 5) is 11.4. The number of hydrogen-bond acceptors (Lipinski definition) is 3. The second-order valence-corrected chi connectivity index (χ2v) is 5.65. The molecule has 0 aromatic heterocycles. The molecule has 1 rings (SSSR count). The summed E-state index contributed by atoms with van der Waals surface area (Å²) in [7, 11) is 0. The molecule has 0 unspecified atom stereocenters. The van der Waals surface area contributed by atoms with Crippen LogP contribution in [0.15, 0.2) is 21.1 Å². The molecule has 0 saturated heterocycles. The van der Waals surface area contributed by atoms with Crippen molar-refractivity contribution in [2.75, 3.05) is 19.7 Å². The van der Waals surface area contributed by atoms with E-state index in [2.05, 4.69) is 55.3 Å². The summed E-state index contributed by atoms with van der Waals surface area (Å²) in [6.07, 6.45) is 5.06. The predicted octanol–water partition coefficient (Wildman–Crippen LogP) is 2.45. The number of nitrogens with one attached hydrogen (secondary N) is 2. The van der Waals surface area contributed by atoms with Crippen molar-refractivity contribution in [3.63, 3.8) is 0 Å². The minimum Gasteiger partial charge on any atom is -0.481 e. The van der Waals surface area contributed by atoms with Gasteiger partial charge in [0.2, 0.25) is 0 Å². The third-order valence-electron chi connectivity index (χ3n) is 2.37. The zero-order valence-electron chi connectivity index (χ0n) is 11.1. The number of hydrogen-bond donors (Lipinski definition) is 2. The molecule has 0 radical (unpaired) electrons. The molecule has 1 aromatic carbocycles. The molecule has 0 saturated carbocycles. The topological polar surface area (TPSA) is 50.4 Å². The number of carbonyl (C=O) groups excluding carboxylic acids is 1. The van der Waals surface area contributed by atoms with Gasteiger partial charge in [0.1, 0.15) is 5.75 Å². The lowest BCUT2D eigenvalue weighted by atomic mass is 10.2. The minimum atomic E-state index is -0.251. The molecule has 0 heterocycles. The molecular weight excluding hydrogens is 388 g/mol. The first-order valence-electron chi connectivity index (χ1n) is 6.10. The Morgan fingerprint density at radius 3 is 2.60 bits per heavy atom. The van der Waals surface area contributed by atoms with Gasteiger partial charge in [-0.15, -0.1) is 6.42 Å². The largest absolute Gasteiger partial charge is 0.481 e. The van der Waals surface area contributed by atoms with Crippen molar-refractivity contribution in [3.05, 3.63) is 26.6 Å². The van der Waals surface area contributed by atoms with Gasteiger partial charge >= 0.3 is 0 Å². The molecule has 20 heavy (non-hydrogen) atoms. The summed E-state index contributed by atoms with van der Waals surface area (Å²) >= 11 is 6.89. The lowest BCUT2D eigenvalue weighted by molar-refractivity contribution is -0.122. The number of halogens is 2. The molecule has 0 fully saturated rings. The highest BCUT2D eigenvalue weighted by molar-refractivity contribution is 9.11. The molecule has 0 bridgehead atoms. The van der Waals surface area contributed by atoms with E-state index in [0.29, 0.717) is 5.75 Å². The van der Waals surface area contributed by atoms with E-state index in [-0.39, 0.29) is 19.1 Å². The summed E-state index contributed by atoms with van der Waals surface area (Å²) in [5.41, 5.74) is 1.12. The fourth-order valence-electron chi connectivity index (χ4n) is 1.46. The van der Waals surface area contributed by atoms with E-state index in [4.69, 9.17) is 11.2 Å². The van der Waals surface area contributed by atoms with Crippen LogP contribution in [0.4, 0.5) is 0 Å². The van der Waals surface area contributed by atoms with Gasteiger partial charge < -0.3 is 15.4 Å². The summed E-state index contributed by atoms with van der Waals surface area (Å²) in [5, 5.41) is 5.79. The lowest BCUT2D eigenvalue weighted by Gasteiger charge is -2.12. The van der Waals surface area contributed by atoms with Crippen LogP contribution in [-0.4, -0.2) is 25.6 Å². The Balaban J connectivity index is 2.67. The molecule has 0 aliphatic carbocycles. The number of carbonyl (C=O) groups is 1. The van der Waals surface area contributed by atoms with Gasteiger partial charge in [0.05, 0.1) is 15.5 Å². The van der Waals surface area contributed by atoms with E-state index in [9.17, 15) is 4.79 Å². The van der Waals surface area contributed by atoms with Crippen LogP contribution in [-0.2, 0) is 11.3 Å². The van der Waals surface area contributed by atoms with Gasteiger partial charge in [0, 0.05) is 6.54 Å². The second-order valence-electron chi connectivity index (χ2n) is 3.94. The van der Waals surface area contributed by atoms with Crippen LogP contribution in [0.3, 0.4) is 0 Å². The number of ether oxygens (including phenoxy) is 1. The molecule has 0 atom stereocenters. The maximum atomic E-state index is 11.4.